The van der Waals surface area contributed by atoms with Crippen LogP contribution in [0.3, 0.4) is 0 Å². The first-order chi connectivity index (χ1) is 45.6. The molecule has 0 aliphatic rings. The average molecular weight is 1400 g/mol. The van der Waals surface area contributed by atoms with Crippen LogP contribution >= 0.6 is 15.6 Å². The topological polar surface area (TPSA) is 237 Å². The third kappa shape index (κ3) is 69.0. The van der Waals surface area contributed by atoms with Crippen LogP contribution in [-0.2, 0) is 65.4 Å². The molecule has 17 nitrogen and oxygen atoms in total. The molecule has 0 aromatic heterocycles. The highest BCUT2D eigenvalue weighted by Crippen LogP contribution is 2.45. The molecule has 0 rings (SSSR count). The Bertz CT molecular complexity index is 1870. The number of ether oxygens (including phenoxy) is 4. The molecular formula is C76H148O17P2. The molecule has 0 radical (unpaired) electrons. The highest BCUT2D eigenvalue weighted by Gasteiger charge is 2.30. The van der Waals surface area contributed by atoms with E-state index in [1.807, 2.05) is 0 Å². The van der Waals surface area contributed by atoms with Crippen LogP contribution < -0.4 is 0 Å². The van der Waals surface area contributed by atoms with Crippen molar-refractivity contribution < 1.29 is 80.2 Å². The van der Waals surface area contributed by atoms with Crippen LogP contribution in [0.5, 0.6) is 0 Å². The summed E-state index contributed by atoms with van der Waals surface area (Å²) in [4.78, 5) is 72.8. The van der Waals surface area contributed by atoms with Crippen molar-refractivity contribution in [3.63, 3.8) is 0 Å². The van der Waals surface area contributed by atoms with Crippen LogP contribution in [0.1, 0.15) is 383 Å². The molecule has 0 saturated carbocycles. The molecule has 0 aliphatic carbocycles. The van der Waals surface area contributed by atoms with E-state index in [1.165, 1.54) is 180 Å². The predicted molar refractivity (Wildman–Crippen MR) is 386 cm³/mol. The summed E-state index contributed by atoms with van der Waals surface area (Å²) < 4.78 is 68.5. The molecule has 6 atom stereocenters. The fraction of sp³-hybridized carbons (Fsp3) is 0.947. The van der Waals surface area contributed by atoms with Gasteiger partial charge in [0.25, 0.3) is 0 Å². The number of carbonyl (C=O) groups excluding carboxylic acids is 4. The largest absolute Gasteiger partial charge is 0.472 e. The van der Waals surface area contributed by atoms with Crippen LogP contribution in [0.2, 0.25) is 0 Å². The maximum absolute atomic E-state index is 13.1. The first kappa shape index (κ1) is 93.1. The smallest absolute Gasteiger partial charge is 0.462 e. The second kappa shape index (κ2) is 65.4. The lowest BCUT2D eigenvalue weighted by Gasteiger charge is -2.21. The lowest BCUT2D eigenvalue weighted by Crippen LogP contribution is -2.30. The van der Waals surface area contributed by atoms with Crippen molar-refractivity contribution in [2.75, 3.05) is 39.6 Å². The molecule has 0 saturated heterocycles. The molecule has 95 heavy (non-hydrogen) atoms. The van der Waals surface area contributed by atoms with E-state index in [0.29, 0.717) is 31.6 Å². The quantitative estimate of drug-likeness (QED) is 0.0222. The number of carbonyl (C=O) groups is 4. The van der Waals surface area contributed by atoms with Crippen molar-refractivity contribution in [1.29, 1.82) is 0 Å². The SMILES string of the molecule is CCC(C)CCCCCCCCCCC(=O)OC[C@H](COP(=O)(O)OCC(O)COP(=O)(O)OC[C@@H](COC(=O)CCCCCCCCC(C)C)OC(=O)CCCCCCCCCCCCCCCCCCC(C)C)OC(=O)CCCCCCCCCCCCCCC(C)C. The van der Waals surface area contributed by atoms with Crippen LogP contribution in [0.4, 0.5) is 0 Å². The Morgan fingerprint density at radius 2 is 0.505 bits per heavy atom. The Kier molecular flexibility index (Phi) is 64.0. The number of aliphatic hydroxyl groups excluding tert-OH is 1. The van der Waals surface area contributed by atoms with Crippen molar-refractivity contribution in [2.45, 2.75) is 401 Å². The van der Waals surface area contributed by atoms with Gasteiger partial charge in [-0.3, -0.25) is 37.3 Å². The minimum absolute atomic E-state index is 0.106. The van der Waals surface area contributed by atoms with Gasteiger partial charge in [-0.2, -0.15) is 0 Å². The van der Waals surface area contributed by atoms with Crippen molar-refractivity contribution in [3.8, 4) is 0 Å². The lowest BCUT2D eigenvalue weighted by molar-refractivity contribution is -0.161. The van der Waals surface area contributed by atoms with Crippen LogP contribution in [0.15, 0.2) is 0 Å². The van der Waals surface area contributed by atoms with E-state index in [9.17, 15) is 43.2 Å². The molecule has 0 aromatic rings. The molecule has 0 amide bonds. The zero-order valence-corrected chi connectivity index (χ0v) is 64.1. The van der Waals surface area contributed by atoms with Gasteiger partial charge in [-0.15, -0.1) is 0 Å². The molecule has 564 valence electrons. The summed E-state index contributed by atoms with van der Waals surface area (Å²) in [6.45, 7) is 14.2. The summed E-state index contributed by atoms with van der Waals surface area (Å²) in [6, 6.07) is 0. The fourth-order valence-corrected chi connectivity index (χ4v) is 13.1. The number of unbranched alkanes of at least 4 members (excludes halogenated alkanes) is 38. The average Bonchev–Trinajstić information content (AvgIpc) is 1.59. The van der Waals surface area contributed by atoms with Gasteiger partial charge in [0.1, 0.15) is 19.3 Å². The van der Waals surface area contributed by atoms with Gasteiger partial charge in [0.2, 0.25) is 0 Å². The number of phosphoric ester groups is 2. The number of aliphatic hydroxyl groups is 1. The fourth-order valence-electron chi connectivity index (χ4n) is 11.5. The summed E-state index contributed by atoms with van der Waals surface area (Å²) >= 11 is 0. The normalized spacial score (nSPS) is 14.4. The van der Waals surface area contributed by atoms with E-state index in [4.69, 9.17) is 37.0 Å². The maximum atomic E-state index is 13.1. The van der Waals surface area contributed by atoms with Crippen LogP contribution in [0.25, 0.3) is 0 Å². The van der Waals surface area contributed by atoms with Crippen molar-refractivity contribution in [3.05, 3.63) is 0 Å². The molecule has 19 heteroatoms. The third-order valence-electron chi connectivity index (χ3n) is 17.9. The molecular weight excluding hydrogens is 1250 g/mol. The molecule has 0 aromatic carbocycles. The maximum Gasteiger partial charge on any atom is 0.472 e. The minimum atomic E-state index is -4.96. The predicted octanol–water partition coefficient (Wildman–Crippen LogP) is 22.0. The van der Waals surface area contributed by atoms with Crippen LogP contribution in [-0.4, -0.2) is 96.7 Å². The Morgan fingerprint density at radius 3 is 0.747 bits per heavy atom. The van der Waals surface area contributed by atoms with E-state index in [2.05, 4.69) is 55.4 Å². The van der Waals surface area contributed by atoms with Crippen molar-refractivity contribution in [2.24, 2.45) is 23.7 Å². The third-order valence-corrected chi connectivity index (χ3v) is 19.8. The number of hydrogen-bond acceptors (Lipinski definition) is 15. The number of esters is 4. The van der Waals surface area contributed by atoms with E-state index in [0.717, 1.165) is 114 Å². The zero-order chi connectivity index (χ0) is 70.3. The Balaban J connectivity index is 5.21. The van der Waals surface area contributed by atoms with Gasteiger partial charge >= 0.3 is 39.5 Å². The minimum Gasteiger partial charge on any atom is -0.462 e. The van der Waals surface area contributed by atoms with Gasteiger partial charge < -0.3 is 33.8 Å². The van der Waals surface area contributed by atoms with Gasteiger partial charge in [0, 0.05) is 25.7 Å². The second-order valence-electron chi connectivity index (χ2n) is 29.1. The van der Waals surface area contributed by atoms with Crippen molar-refractivity contribution >= 4 is 39.5 Å². The van der Waals surface area contributed by atoms with Gasteiger partial charge in [0.05, 0.1) is 26.4 Å². The monoisotopic (exact) mass is 1400 g/mol. The number of hydrogen-bond donors (Lipinski definition) is 3. The van der Waals surface area contributed by atoms with Crippen LogP contribution in [0, 0.1) is 23.7 Å². The number of phosphoric acid groups is 2. The summed E-state index contributed by atoms with van der Waals surface area (Å²) in [5.41, 5.74) is 0. The van der Waals surface area contributed by atoms with E-state index < -0.39 is 97.5 Å². The van der Waals surface area contributed by atoms with E-state index >= 15 is 0 Å². The van der Waals surface area contributed by atoms with Crippen molar-refractivity contribution in [1.82, 2.24) is 0 Å². The molecule has 0 spiro atoms. The molecule has 0 fully saturated rings. The van der Waals surface area contributed by atoms with Gasteiger partial charge in [-0.25, -0.2) is 9.13 Å². The second-order valence-corrected chi connectivity index (χ2v) is 32.0. The highest BCUT2D eigenvalue weighted by molar-refractivity contribution is 7.47. The van der Waals surface area contributed by atoms with E-state index in [1.54, 1.807) is 0 Å². The summed E-state index contributed by atoms with van der Waals surface area (Å²) in [6.07, 6.45) is 50.1. The standard InChI is InChI=1S/C76H148O17P2/c1-9-69(8)55-47-39-30-26-27-31-40-48-56-73(78)86-62-71(92-75(80)59-51-43-33-25-21-17-16-19-23-29-37-45-53-67(4)5)64-90-94(82,83)88-60-70(77)61-89-95(84,85)91-65-72(63-87-74(79)57-49-41-35-34-38-46-54-68(6)7)93-76(81)58-50-42-32-24-20-15-13-11-10-12-14-18-22-28-36-44-52-66(2)3/h66-72,77H,9-65H2,1-8H3,(H,82,83)(H,84,85)/t69?,70?,71-,72-/m1/s1. The summed E-state index contributed by atoms with van der Waals surface area (Å²) in [5, 5.41) is 10.6. The van der Waals surface area contributed by atoms with Gasteiger partial charge in [-0.05, 0) is 49.4 Å². The van der Waals surface area contributed by atoms with Gasteiger partial charge in [-0.1, -0.05) is 331 Å². The molecule has 0 bridgehead atoms. The molecule has 0 heterocycles. The lowest BCUT2D eigenvalue weighted by atomic mass is 9.99. The number of rotatable bonds is 73. The van der Waals surface area contributed by atoms with E-state index in [-0.39, 0.29) is 25.7 Å². The molecule has 4 unspecified atom stereocenters. The summed E-state index contributed by atoms with van der Waals surface area (Å²) in [5.74, 6) is 0.920. The first-order valence-corrected chi connectivity index (χ1v) is 42.2. The highest BCUT2D eigenvalue weighted by atomic mass is 31.2. The first-order valence-electron chi connectivity index (χ1n) is 39.2. The summed E-state index contributed by atoms with van der Waals surface area (Å²) in [7, 11) is -9.91. The van der Waals surface area contributed by atoms with Gasteiger partial charge in [0.15, 0.2) is 12.2 Å². The Morgan fingerprint density at radius 1 is 0.295 bits per heavy atom. The zero-order valence-electron chi connectivity index (χ0n) is 62.3. The molecule has 0 aliphatic heterocycles. The molecule has 3 N–H and O–H groups in total. The Labute approximate surface area is 581 Å². The Hall–Kier alpha value is -1.94.